The van der Waals surface area contributed by atoms with Crippen LogP contribution in [0, 0.1) is 0 Å². The van der Waals surface area contributed by atoms with Gasteiger partial charge in [-0.3, -0.25) is 4.98 Å². The van der Waals surface area contributed by atoms with Crippen molar-refractivity contribution in [1.82, 2.24) is 19.7 Å². The van der Waals surface area contributed by atoms with Gasteiger partial charge in [-0.05, 0) is 28.1 Å². The molecule has 5 nitrogen and oxygen atoms in total. The van der Waals surface area contributed by atoms with Crippen LogP contribution in [0.4, 0.5) is 5.95 Å². The lowest BCUT2D eigenvalue weighted by atomic mass is 10.2. The minimum absolute atomic E-state index is 0.234. The van der Waals surface area contributed by atoms with Gasteiger partial charge in [0.05, 0.1) is 11.2 Å². The molecule has 1 aromatic carbocycles. The number of hydrogen-bond donors (Lipinski definition) is 1. The van der Waals surface area contributed by atoms with Gasteiger partial charge < -0.3 is 5.73 Å². The number of rotatable bonds is 1. The van der Waals surface area contributed by atoms with Crippen LogP contribution in [0.3, 0.4) is 0 Å². The summed E-state index contributed by atoms with van der Waals surface area (Å²) in [5.41, 5.74) is 7.38. The topological polar surface area (TPSA) is 69.6 Å². The summed E-state index contributed by atoms with van der Waals surface area (Å²) >= 11 is 3.33. The number of benzene rings is 1. The van der Waals surface area contributed by atoms with Crippen LogP contribution in [-0.4, -0.2) is 19.7 Å². The maximum atomic E-state index is 5.57. The lowest BCUT2D eigenvalue weighted by molar-refractivity contribution is 0.865. The number of anilines is 1. The van der Waals surface area contributed by atoms with E-state index in [1.165, 1.54) is 0 Å². The molecule has 0 saturated carbocycles. The maximum absolute atomic E-state index is 5.57. The molecule has 0 spiro atoms. The molecule has 0 amide bonds. The SMILES string of the molecule is Nc1nc(Br)n(-c2ccnc3ccccc23)n1. The molecule has 6 heteroatoms. The van der Waals surface area contributed by atoms with Crippen molar-refractivity contribution in [1.29, 1.82) is 0 Å². The predicted molar refractivity (Wildman–Crippen MR) is 68.8 cm³/mol. The smallest absolute Gasteiger partial charge is 0.240 e. The monoisotopic (exact) mass is 289 g/mol. The minimum atomic E-state index is 0.234. The first kappa shape index (κ1) is 10.2. The summed E-state index contributed by atoms with van der Waals surface area (Å²) in [6, 6.07) is 9.72. The van der Waals surface area contributed by atoms with Crippen molar-refractivity contribution in [3.8, 4) is 5.69 Å². The average molecular weight is 290 g/mol. The lowest BCUT2D eigenvalue weighted by Gasteiger charge is -2.05. The average Bonchev–Trinajstić information content (AvgIpc) is 2.68. The molecule has 17 heavy (non-hydrogen) atoms. The summed E-state index contributed by atoms with van der Waals surface area (Å²) in [6.45, 7) is 0. The first-order valence-electron chi connectivity index (χ1n) is 4.98. The highest BCUT2D eigenvalue weighted by Crippen LogP contribution is 2.22. The van der Waals surface area contributed by atoms with Gasteiger partial charge in [0.15, 0.2) is 0 Å². The van der Waals surface area contributed by atoms with Gasteiger partial charge in [-0.1, -0.05) is 18.2 Å². The molecule has 0 aliphatic heterocycles. The van der Waals surface area contributed by atoms with Gasteiger partial charge in [-0.15, -0.1) is 5.10 Å². The Kier molecular flexibility index (Phi) is 2.29. The van der Waals surface area contributed by atoms with Crippen molar-refractivity contribution in [3.63, 3.8) is 0 Å². The van der Waals surface area contributed by atoms with Crippen LogP contribution in [0.15, 0.2) is 41.3 Å². The van der Waals surface area contributed by atoms with Crippen LogP contribution in [0.2, 0.25) is 0 Å². The molecule has 2 heterocycles. The number of nitrogens with two attached hydrogens (primary N) is 1. The Labute approximate surface area is 105 Å². The molecule has 0 saturated heterocycles. The van der Waals surface area contributed by atoms with Gasteiger partial charge in [0.2, 0.25) is 10.7 Å². The van der Waals surface area contributed by atoms with E-state index in [9.17, 15) is 0 Å². The normalized spacial score (nSPS) is 10.9. The fourth-order valence-electron chi connectivity index (χ4n) is 1.73. The highest BCUT2D eigenvalue weighted by atomic mass is 79.9. The van der Waals surface area contributed by atoms with E-state index in [0.29, 0.717) is 4.73 Å². The molecule has 0 aliphatic rings. The fraction of sp³-hybridized carbons (Fsp3) is 0. The number of nitrogen functional groups attached to an aromatic ring is 1. The summed E-state index contributed by atoms with van der Waals surface area (Å²) < 4.78 is 2.23. The Morgan fingerprint density at radius 2 is 2.00 bits per heavy atom. The van der Waals surface area contributed by atoms with Crippen LogP contribution in [0.1, 0.15) is 0 Å². The van der Waals surface area contributed by atoms with Gasteiger partial charge in [-0.2, -0.15) is 4.98 Å². The molecule has 0 unspecified atom stereocenters. The second-order valence-electron chi connectivity index (χ2n) is 3.50. The molecule has 0 atom stereocenters. The van der Waals surface area contributed by atoms with Crippen molar-refractivity contribution in [2.24, 2.45) is 0 Å². The Morgan fingerprint density at radius 3 is 2.76 bits per heavy atom. The standard InChI is InChI=1S/C11H8BrN5/c12-10-15-11(13)16-17(10)9-5-6-14-8-4-2-1-3-7(8)9/h1-6H,(H2,13,16). The Morgan fingerprint density at radius 1 is 1.18 bits per heavy atom. The van der Waals surface area contributed by atoms with Crippen molar-refractivity contribution in [3.05, 3.63) is 41.3 Å². The van der Waals surface area contributed by atoms with Crippen LogP contribution < -0.4 is 5.73 Å². The fourth-order valence-corrected chi connectivity index (χ4v) is 2.18. The van der Waals surface area contributed by atoms with E-state index in [-0.39, 0.29) is 5.95 Å². The lowest BCUT2D eigenvalue weighted by Crippen LogP contribution is -1.99. The Hall–Kier alpha value is -1.95. The number of para-hydroxylation sites is 1. The molecule has 0 fully saturated rings. The number of fused-ring (bicyclic) bond motifs is 1. The number of pyridine rings is 1. The van der Waals surface area contributed by atoms with Gasteiger partial charge >= 0.3 is 0 Å². The summed E-state index contributed by atoms with van der Waals surface area (Å²) in [5, 5.41) is 5.14. The largest absolute Gasteiger partial charge is 0.366 e. The summed E-state index contributed by atoms with van der Waals surface area (Å²) in [6.07, 6.45) is 1.74. The van der Waals surface area contributed by atoms with Gasteiger partial charge in [-0.25, -0.2) is 4.68 Å². The van der Waals surface area contributed by atoms with Crippen molar-refractivity contribution in [2.75, 3.05) is 5.73 Å². The molecule has 3 rings (SSSR count). The third-order valence-electron chi connectivity index (χ3n) is 2.44. The van der Waals surface area contributed by atoms with Crippen LogP contribution >= 0.6 is 15.9 Å². The third kappa shape index (κ3) is 1.66. The summed E-state index contributed by atoms with van der Waals surface area (Å²) in [5.74, 6) is 0.234. The predicted octanol–water partition coefficient (Wildman–Crippen LogP) is 2.16. The molecule has 2 aromatic heterocycles. The van der Waals surface area contributed by atoms with Crippen molar-refractivity contribution < 1.29 is 0 Å². The van der Waals surface area contributed by atoms with E-state index in [2.05, 4.69) is 31.0 Å². The second-order valence-corrected chi connectivity index (χ2v) is 4.21. The molecule has 3 aromatic rings. The van der Waals surface area contributed by atoms with E-state index in [1.807, 2.05) is 30.3 Å². The molecule has 84 valence electrons. The van der Waals surface area contributed by atoms with Gasteiger partial charge in [0, 0.05) is 11.6 Å². The Bertz CT molecular complexity index is 686. The quantitative estimate of drug-likeness (QED) is 0.745. The summed E-state index contributed by atoms with van der Waals surface area (Å²) in [7, 11) is 0. The number of nitrogens with zero attached hydrogens (tertiary/aromatic N) is 4. The Balaban J connectivity index is 2.34. The highest BCUT2D eigenvalue weighted by Gasteiger charge is 2.10. The van der Waals surface area contributed by atoms with E-state index in [4.69, 9.17) is 5.73 Å². The highest BCUT2D eigenvalue weighted by molar-refractivity contribution is 9.10. The van der Waals surface area contributed by atoms with Crippen molar-refractivity contribution >= 4 is 32.8 Å². The maximum Gasteiger partial charge on any atom is 0.240 e. The van der Waals surface area contributed by atoms with Gasteiger partial charge in [0.1, 0.15) is 0 Å². The van der Waals surface area contributed by atoms with Crippen LogP contribution in [-0.2, 0) is 0 Å². The van der Waals surface area contributed by atoms with Gasteiger partial charge in [0.25, 0.3) is 0 Å². The van der Waals surface area contributed by atoms with Crippen LogP contribution in [0.5, 0.6) is 0 Å². The zero-order chi connectivity index (χ0) is 11.8. The zero-order valence-corrected chi connectivity index (χ0v) is 10.3. The summed E-state index contributed by atoms with van der Waals surface area (Å²) in [4.78, 5) is 8.32. The molecular weight excluding hydrogens is 282 g/mol. The zero-order valence-electron chi connectivity index (χ0n) is 8.71. The first-order valence-corrected chi connectivity index (χ1v) is 5.77. The van der Waals surface area contributed by atoms with Crippen molar-refractivity contribution in [2.45, 2.75) is 0 Å². The first-order chi connectivity index (χ1) is 8.25. The number of halogens is 1. The molecule has 0 bridgehead atoms. The molecular formula is C11H8BrN5. The van der Waals surface area contributed by atoms with E-state index < -0.39 is 0 Å². The molecule has 0 radical (unpaired) electrons. The molecule has 0 aliphatic carbocycles. The van der Waals surface area contributed by atoms with E-state index in [0.717, 1.165) is 16.6 Å². The number of aromatic nitrogens is 4. The number of hydrogen-bond acceptors (Lipinski definition) is 4. The van der Waals surface area contributed by atoms with E-state index in [1.54, 1.807) is 10.9 Å². The van der Waals surface area contributed by atoms with E-state index >= 15 is 0 Å². The minimum Gasteiger partial charge on any atom is -0.366 e. The third-order valence-corrected chi connectivity index (χ3v) is 2.95. The second kappa shape index (κ2) is 3.81. The molecule has 2 N–H and O–H groups in total. The van der Waals surface area contributed by atoms with Crippen LogP contribution in [0.25, 0.3) is 16.6 Å².